The van der Waals surface area contributed by atoms with Crippen LogP contribution in [0.5, 0.6) is 17.2 Å². The smallest absolute Gasteiger partial charge is 0.188 e. The van der Waals surface area contributed by atoms with Gasteiger partial charge < -0.3 is 14.2 Å². The van der Waals surface area contributed by atoms with Gasteiger partial charge in [-0.25, -0.2) is 0 Å². The number of hydrogen-bond acceptors (Lipinski definition) is 4. The second-order valence-electron chi connectivity index (χ2n) is 4.51. The first-order chi connectivity index (χ1) is 9.03. The molecule has 1 aromatic carbocycles. The van der Waals surface area contributed by atoms with Gasteiger partial charge in [0.2, 0.25) is 0 Å². The Kier molecular flexibility index (Phi) is 6.10. The quantitative estimate of drug-likeness (QED) is 0.721. The lowest BCUT2D eigenvalue weighted by atomic mass is 10.2. The van der Waals surface area contributed by atoms with Crippen molar-refractivity contribution in [2.45, 2.75) is 13.8 Å². The Labute approximate surface area is 116 Å². The van der Waals surface area contributed by atoms with Crippen molar-refractivity contribution in [2.75, 3.05) is 27.5 Å². The van der Waals surface area contributed by atoms with Crippen LogP contribution in [0.2, 0.25) is 0 Å². The lowest BCUT2D eigenvalue weighted by molar-refractivity contribution is 0.107. The molecule has 19 heavy (non-hydrogen) atoms. The van der Waals surface area contributed by atoms with Crippen LogP contribution in [0.3, 0.4) is 0 Å². The first-order valence-electron chi connectivity index (χ1n) is 6.11. The van der Waals surface area contributed by atoms with E-state index in [1.165, 1.54) is 14.2 Å². The van der Waals surface area contributed by atoms with Crippen LogP contribution in [0.15, 0.2) is 12.1 Å². The van der Waals surface area contributed by atoms with Crippen LogP contribution in [-0.4, -0.2) is 33.0 Å². The number of rotatable bonds is 7. The number of carbonyl (C=O) groups is 1. The van der Waals surface area contributed by atoms with E-state index in [4.69, 9.17) is 14.2 Å². The van der Waals surface area contributed by atoms with E-state index < -0.39 is 0 Å². The topological polar surface area (TPSA) is 44.8 Å². The lowest BCUT2D eigenvalue weighted by Crippen LogP contribution is -2.03. The molecule has 0 saturated heterocycles. The first kappa shape index (κ1) is 15.8. The zero-order chi connectivity index (χ0) is 14.4. The maximum Gasteiger partial charge on any atom is 0.188 e. The molecule has 0 N–H and O–H groups in total. The van der Waals surface area contributed by atoms with E-state index >= 15 is 0 Å². The molecule has 0 aliphatic rings. The Hall–Kier alpha value is -1.28. The van der Waals surface area contributed by atoms with Crippen molar-refractivity contribution in [2.24, 2.45) is 5.92 Å². The first-order valence-corrected chi connectivity index (χ1v) is 7.32. The third-order valence-corrected chi connectivity index (χ3v) is 4.20. The van der Waals surface area contributed by atoms with Crippen molar-refractivity contribution >= 4 is 14.1 Å². The van der Waals surface area contributed by atoms with Crippen molar-refractivity contribution in [1.29, 1.82) is 0 Å². The van der Waals surface area contributed by atoms with Crippen LogP contribution in [-0.2, 0) is 0 Å². The van der Waals surface area contributed by atoms with Crippen molar-refractivity contribution in [1.82, 2.24) is 0 Å². The molecule has 0 saturated carbocycles. The maximum atomic E-state index is 12.3. The van der Waals surface area contributed by atoms with Crippen molar-refractivity contribution < 1.29 is 19.0 Å². The van der Waals surface area contributed by atoms with Crippen LogP contribution in [0.25, 0.3) is 0 Å². The molecular formula is C14H21O4P. The van der Waals surface area contributed by atoms with E-state index in [1.807, 2.05) is 0 Å². The Morgan fingerprint density at radius 1 is 1.11 bits per heavy atom. The number of methoxy groups -OCH3 is 3. The fourth-order valence-electron chi connectivity index (χ4n) is 1.61. The average Bonchev–Trinajstić information content (AvgIpc) is 2.42. The minimum Gasteiger partial charge on any atom is -0.496 e. The summed E-state index contributed by atoms with van der Waals surface area (Å²) in [4.78, 5) is 12.3. The molecule has 0 spiro atoms. The zero-order valence-electron chi connectivity index (χ0n) is 12.1. The molecule has 1 rings (SSSR count). The molecule has 0 aliphatic heterocycles. The van der Waals surface area contributed by atoms with Crippen molar-refractivity contribution in [3.63, 3.8) is 0 Å². The predicted molar refractivity (Wildman–Crippen MR) is 78.4 cm³/mol. The van der Waals surface area contributed by atoms with Gasteiger partial charge in [0.15, 0.2) is 5.52 Å². The summed E-state index contributed by atoms with van der Waals surface area (Å²) in [5.41, 5.74) is 0.565. The van der Waals surface area contributed by atoms with Crippen LogP contribution >= 0.6 is 8.58 Å². The summed E-state index contributed by atoms with van der Waals surface area (Å²) in [6.07, 6.45) is 0.872. The van der Waals surface area contributed by atoms with Crippen LogP contribution < -0.4 is 14.2 Å². The van der Waals surface area contributed by atoms with E-state index in [-0.39, 0.29) is 14.1 Å². The Balaban J connectivity index is 3.12. The lowest BCUT2D eigenvalue weighted by Gasteiger charge is -2.14. The van der Waals surface area contributed by atoms with Gasteiger partial charge in [0, 0.05) is 12.1 Å². The SMILES string of the molecule is COc1cc(OC)c(C(=O)PCC(C)C)c(OC)c1. The van der Waals surface area contributed by atoms with E-state index in [0.29, 0.717) is 28.7 Å². The maximum absolute atomic E-state index is 12.3. The van der Waals surface area contributed by atoms with Gasteiger partial charge in [-0.05, 0) is 20.7 Å². The summed E-state index contributed by atoms with van der Waals surface area (Å²) in [6.45, 7) is 4.20. The van der Waals surface area contributed by atoms with Crippen LogP contribution in [0.4, 0.5) is 0 Å². The molecular weight excluding hydrogens is 263 g/mol. The predicted octanol–water partition coefficient (Wildman–Crippen LogP) is 3.19. The highest BCUT2D eigenvalue weighted by atomic mass is 31.1. The average molecular weight is 284 g/mol. The summed E-state index contributed by atoms with van der Waals surface area (Å²) < 4.78 is 15.7. The highest BCUT2D eigenvalue weighted by molar-refractivity contribution is 7.58. The summed E-state index contributed by atoms with van der Waals surface area (Å²) in [5, 5.41) is 0. The largest absolute Gasteiger partial charge is 0.496 e. The van der Waals surface area contributed by atoms with Crippen molar-refractivity contribution in [3.05, 3.63) is 17.7 Å². The Bertz CT molecular complexity index is 418. The minimum absolute atomic E-state index is 0.0602. The molecule has 1 atom stereocenters. The summed E-state index contributed by atoms with van der Waals surface area (Å²) >= 11 is 0. The standard InChI is InChI=1S/C14H21O4P/c1-9(2)8-19-14(15)13-11(17-4)6-10(16-3)7-12(13)18-5/h6-7,9,19H,8H2,1-5H3. The Morgan fingerprint density at radius 2 is 1.63 bits per heavy atom. The Morgan fingerprint density at radius 3 is 2.00 bits per heavy atom. The molecule has 0 aromatic heterocycles. The minimum atomic E-state index is 0.0602. The van der Waals surface area contributed by atoms with E-state index in [1.54, 1.807) is 19.2 Å². The van der Waals surface area contributed by atoms with Gasteiger partial charge in [-0.1, -0.05) is 13.8 Å². The summed E-state index contributed by atoms with van der Waals surface area (Å²) in [5.74, 6) is 2.10. The van der Waals surface area contributed by atoms with Gasteiger partial charge in [0.25, 0.3) is 0 Å². The highest BCUT2D eigenvalue weighted by Gasteiger charge is 2.20. The molecule has 106 valence electrons. The second-order valence-corrected chi connectivity index (χ2v) is 5.73. The molecule has 4 nitrogen and oxygen atoms in total. The van der Waals surface area contributed by atoms with Gasteiger partial charge in [-0.2, -0.15) is 0 Å². The number of hydrogen-bond donors (Lipinski definition) is 0. The summed E-state index contributed by atoms with van der Waals surface area (Å²) in [6, 6.07) is 3.41. The van der Waals surface area contributed by atoms with Crippen molar-refractivity contribution in [3.8, 4) is 17.2 Å². The fraction of sp³-hybridized carbons (Fsp3) is 0.500. The van der Waals surface area contributed by atoms with Gasteiger partial charge in [-0.15, -0.1) is 0 Å². The number of benzene rings is 1. The third-order valence-electron chi connectivity index (χ3n) is 2.61. The molecule has 0 bridgehead atoms. The molecule has 5 heteroatoms. The monoisotopic (exact) mass is 284 g/mol. The van der Waals surface area contributed by atoms with Gasteiger partial charge in [0.05, 0.1) is 21.3 Å². The van der Waals surface area contributed by atoms with Gasteiger partial charge in [0.1, 0.15) is 22.8 Å². The zero-order valence-corrected chi connectivity index (χ0v) is 13.1. The highest BCUT2D eigenvalue weighted by Crippen LogP contribution is 2.38. The van der Waals surface area contributed by atoms with E-state index in [0.717, 1.165) is 6.16 Å². The molecule has 0 radical (unpaired) electrons. The molecule has 0 heterocycles. The number of carbonyl (C=O) groups excluding carboxylic acids is 1. The van der Waals surface area contributed by atoms with E-state index in [2.05, 4.69) is 13.8 Å². The third kappa shape index (κ3) is 4.10. The molecule has 0 fully saturated rings. The van der Waals surface area contributed by atoms with Gasteiger partial charge >= 0.3 is 0 Å². The molecule has 0 aliphatic carbocycles. The number of ether oxygens (including phenoxy) is 3. The molecule has 1 unspecified atom stereocenters. The summed E-state index contributed by atoms with van der Waals surface area (Å²) in [7, 11) is 4.86. The van der Waals surface area contributed by atoms with E-state index in [9.17, 15) is 4.79 Å². The molecule has 1 aromatic rings. The molecule has 0 amide bonds. The van der Waals surface area contributed by atoms with Crippen LogP contribution in [0.1, 0.15) is 24.2 Å². The fourth-order valence-corrected chi connectivity index (χ4v) is 2.63. The normalized spacial score (nSPS) is 11.1. The second kappa shape index (κ2) is 7.34. The van der Waals surface area contributed by atoms with Crippen LogP contribution in [0, 0.1) is 5.92 Å². The van der Waals surface area contributed by atoms with Gasteiger partial charge in [-0.3, -0.25) is 4.79 Å².